The monoisotopic (exact) mass is 1860 g/mol. The van der Waals surface area contributed by atoms with Crippen molar-refractivity contribution in [3.8, 4) is 46.0 Å². The molecule has 136 heavy (non-hydrogen) atoms. The summed E-state index contributed by atoms with van der Waals surface area (Å²) in [6.07, 6.45) is 1.49. The Hall–Kier alpha value is -10.7. The first-order chi connectivity index (χ1) is 62.3. The molecule has 0 amide bonds. The number of carbonyl (C=O) groups is 4. The first-order valence-electron chi connectivity index (χ1n) is 48.7. The maximum Gasteiger partial charge on any atom is 0.344 e. The number of esters is 4. The second-order valence-corrected chi connectivity index (χ2v) is 50.3. The fraction of sp³-hybridized carbons (Fsp3) is 0.517. The zero-order valence-corrected chi connectivity index (χ0v) is 89.1. The van der Waals surface area contributed by atoms with Gasteiger partial charge >= 0.3 is 23.9 Å². The lowest BCUT2D eigenvalue weighted by Gasteiger charge is -2.30. The zero-order valence-electron chi connectivity index (χ0n) is 89.1. The molecule has 0 spiro atoms. The van der Waals surface area contributed by atoms with Crippen molar-refractivity contribution >= 4 is 23.9 Å². The third-order valence-corrected chi connectivity index (χ3v) is 24.7. The average molecular weight is 1860 g/mol. The van der Waals surface area contributed by atoms with Crippen LogP contribution in [0.15, 0.2) is 121 Å². The van der Waals surface area contributed by atoms with Gasteiger partial charge in [0.1, 0.15) is 81.6 Å². The maximum absolute atomic E-state index is 14.5. The fourth-order valence-electron chi connectivity index (χ4n) is 17.9. The van der Waals surface area contributed by atoms with Crippen molar-refractivity contribution in [3.63, 3.8) is 0 Å². The van der Waals surface area contributed by atoms with E-state index in [0.717, 1.165) is 122 Å². The van der Waals surface area contributed by atoms with Gasteiger partial charge in [-0.05, 0) is 283 Å². The highest BCUT2D eigenvalue weighted by Gasteiger charge is 2.36. The van der Waals surface area contributed by atoms with Crippen LogP contribution in [0.5, 0.6) is 46.0 Å². The normalized spacial score (nSPS) is 14.1. The second kappa shape index (κ2) is 39.3. The Balaban J connectivity index is 1.36. The molecule has 9 aromatic carbocycles. The van der Waals surface area contributed by atoms with E-state index in [1.165, 1.54) is 0 Å². The number of phenols is 2. The fourth-order valence-corrected chi connectivity index (χ4v) is 17.9. The number of phenolic OH excluding ortho intramolecular Hbond substituents is 2. The van der Waals surface area contributed by atoms with Gasteiger partial charge in [-0.25, -0.2) is 19.2 Å². The maximum atomic E-state index is 14.5. The van der Waals surface area contributed by atoms with Gasteiger partial charge in [-0.15, -0.1) is 0 Å². The Morgan fingerprint density at radius 3 is 0.625 bits per heavy atom. The largest absolute Gasteiger partial charge is 0.507 e. The highest BCUT2D eigenvalue weighted by molar-refractivity contribution is 5.75. The molecule has 13 rings (SSSR count). The molecule has 0 radical (unpaired) electrons. The van der Waals surface area contributed by atoms with Crippen molar-refractivity contribution in [1.82, 2.24) is 0 Å². The van der Waals surface area contributed by atoms with Crippen molar-refractivity contribution in [1.29, 1.82) is 0 Å². The summed E-state index contributed by atoms with van der Waals surface area (Å²) < 4.78 is 68.0. The summed E-state index contributed by atoms with van der Waals surface area (Å²) >= 11 is 0. The van der Waals surface area contributed by atoms with Crippen LogP contribution in [0.2, 0.25) is 0 Å². The van der Waals surface area contributed by atoms with E-state index in [1.807, 2.05) is 83.1 Å². The molecule has 0 aliphatic carbocycles. The van der Waals surface area contributed by atoms with E-state index in [1.54, 1.807) is 0 Å². The summed E-state index contributed by atoms with van der Waals surface area (Å²) in [4.78, 5) is 58.1. The molecule has 2 N–H and O–H groups in total. The summed E-state index contributed by atoms with van der Waals surface area (Å²) in [5, 5.41) is 27.7. The number of benzene rings is 9. The lowest BCUT2D eigenvalue weighted by Crippen LogP contribution is -2.28. The third kappa shape index (κ3) is 27.8. The Kier molecular flexibility index (Phi) is 30.5. The number of carbonyl (C=O) groups excluding carboxylic acids is 4. The Morgan fingerprint density at radius 1 is 0.243 bits per heavy atom. The van der Waals surface area contributed by atoms with Crippen LogP contribution in [-0.4, -0.2) is 82.9 Å². The minimum absolute atomic E-state index is 0.0540. The van der Waals surface area contributed by atoms with E-state index in [4.69, 9.17) is 47.4 Å². The molecule has 0 saturated heterocycles. The quantitative estimate of drug-likeness (QED) is 0.0863. The average Bonchev–Trinajstić information content (AvgIpc) is 0.773. The smallest absolute Gasteiger partial charge is 0.344 e. The van der Waals surface area contributed by atoms with Crippen LogP contribution in [0.4, 0.5) is 0 Å². The third-order valence-electron chi connectivity index (χ3n) is 24.7. The van der Waals surface area contributed by atoms with Crippen LogP contribution >= 0.6 is 0 Å². The van der Waals surface area contributed by atoms with Gasteiger partial charge < -0.3 is 57.6 Å². The van der Waals surface area contributed by atoms with Crippen LogP contribution in [0.1, 0.15) is 394 Å². The van der Waals surface area contributed by atoms with Gasteiger partial charge in [0.05, 0.1) is 0 Å². The minimum atomic E-state index is -0.851. The molecular formula is C120H158O16. The van der Waals surface area contributed by atoms with Crippen molar-refractivity contribution in [3.05, 3.63) is 266 Å². The van der Waals surface area contributed by atoms with Gasteiger partial charge in [0.25, 0.3) is 0 Å². The summed E-state index contributed by atoms with van der Waals surface area (Å²) in [5.74, 6) is 0.858. The van der Waals surface area contributed by atoms with E-state index in [0.29, 0.717) is 56.8 Å². The molecule has 0 fully saturated rings. The topological polar surface area (TPSA) is 201 Å². The summed E-state index contributed by atoms with van der Waals surface area (Å²) in [6, 6.07) is 43.0. The second-order valence-electron chi connectivity index (χ2n) is 50.3. The van der Waals surface area contributed by atoms with Crippen molar-refractivity contribution in [2.45, 2.75) is 380 Å². The lowest BCUT2D eigenvalue weighted by molar-refractivity contribution is -0.158. The van der Waals surface area contributed by atoms with Crippen LogP contribution in [-0.2, 0) is 146 Å². The molecule has 0 aromatic heterocycles. The van der Waals surface area contributed by atoms with E-state index < -0.39 is 116 Å². The molecule has 0 saturated carbocycles. The molecule has 16 heteroatoms. The molecule has 9 aromatic rings. The molecule has 16 nitrogen and oxygen atoms in total. The SMILES string of the molecule is CC(C)(C)OC(=O)COc1c2cc(C(C)(C)C)cc1Cc1cc(C(C)(C)C)cc3c1OCc1ccc(cc1)COc1cc(c(C(C)(C)C)c(c1)Cc1cc(C(C)(C)C)cc(c1OCC(=O)OC(C)(C)C)Cc1cc(C(C)(C)C)cc(c1O)Cc1cc(C(C)(C)C)cc(c1OCC(=O)OC(C)(C)C)C3)Cc1cc(C(C)(C)C)cc(c1OCC(=O)OC(C)(C)C)Cc1cc(C(C)(C)C)cc(c1O)C2. The number of ether oxygens (including phenoxy) is 10. The van der Waals surface area contributed by atoms with E-state index >= 15 is 0 Å². The highest BCUT2D eigenvalue weighted by Crippen LogP contribution is 2.49. The molecule has 4 heterocycles. The van der Waals surface area contributed by atoms with Crippen LogP contribution in [0.25, 0.3) is 0 Å². The molecule has 734 valence electrons. The highest BCUT2D eigenvalue weighted by atomic mass is 16.6. The van der Waals surface area contributed by atoms with Gasteiger partial charge in [-0.3, -0.25) is 0 Å². The molecule has 18 bridgehead atoms. The molecule has 4 aliphatic heterocycles. The molecular weight excluding hydrogens is 1700 g/mol. The number of hydrogen-bond acceptors (Lipinski definition) is 16. The standard InChI is InChI=1S/C120H158O16/c1-109(2,3)89-49-75-43-81-55-91(111(7,8)9)53-79(105(81)129-67-97(121)133-117(25,26)27)41-73-63-96-64-74(101(73)116(22,23)24)42-80-54-92(112(10,11)12)56-82(106(80)130-68-98(122)134-118(28,29)30)44-76-50-90(110(4,5)6)52-78(103(76)126)46-84-58-94(114(16,17)18)62-88(108(84)132-70-100(124)136-120(34,35)36)48-86-60-95(115(19,20)21)59-85(104(86)128-66-72-39-37-71(38-40-72)65-127-96)47-87-61-93(113(13,14)15)57-83(45-77(51-89)102(75)125)107(87)131-69-99(123)135-119(31,32)33/h37-40,49-64,125-126H,41-48,65-70H2,1-36H3. The minimum Gasteiger partial charge on any atom is -0.507 e. The van der Waals surface area contributed by atoms with Crippen LogP contribution < -0.4 is 28.4 Å². The number of rotatable bonds is 12. The van der Waals surface area contributed by atoms with E-state index in [9.17, 15) is 29.4 Å². The van der Waals surface area contributed by atoms with E-state index in [-0.39, 0.29) is 76.1 Å². The van der Waals surface area contributed by atoms with Gasteiger partial charge in [0.2, 0.25) is 0 Å². The Bertz CT molecular complexity index is 5620. The van der Waals surface area contributed by atoms with Crippen molar-refractivity contribution in [2.24, 2.45) is 0 Å². The Labute approximate surface area is 813 Å². The van der Waals surface area contributed by atoms with Crippen molar-refractivity contribution in [2.75, 3.05) is 26.4 Å². The summed E-state index contributed by atoms with van der Waals surface area (Å²) in [7, 11) is 0. The Morgan fingerprint density at radius 2 is 0.426 bits per heavy atom. The summed E-state index contributed by atoms with van der Waals surface area (Å²) in [5.41, 5.74) is 14.1. The van der Waals surface area contributed by atoms with Gasteiger partial charge in [-0.1, -0.05) is 275 Å². The summed E-state index contributed by atoms with van der Waals surface area (Å²) in [6.45, 7) is 73.2. The predicted octanol–water partition coefficient (Wildman–Crippen LogP) is 26.9. The van der Waals surface area contributed by atoms with Crippen molar-refractivity contribution < 1.29 is 76.8 Å². The van der Waals surface area contributed by atoms with Crippen LogP contribution in [0.3, 0.4) is 0 Å². The zero-order chi connectivity index (χ0) is 101. The molecule has 0 unspecified atom stereocenters. The molecule has 0 atom stereocenters. The van der Waals surface area contributed by atoms with E-state index in [2.05, 4.69) is 287 Å². The predicted molar refractivity (Wildman–Crippen MR) is 547 cm³/mol. The first kappa shape index (κ1) is 106. The lowest BCUT2D eigenvalue weighted by atomic mass is 9.76. The molecule has 4 aliphatic rings. The van der Waals surface area contributed by atoms with Gasteiger partial charge in [0.15, 0.2) is 26.4 Å². The van der Waals surface area contributed by atoms with Gasteiger partial charge in [0, 0.05) is 51.4 Å². The van der Waals surface area contributed by atoms with Crippen LogP contribution in [0, 0.1) is 0 Å². The first-order valence-corrected chi connectivity index (χ1v) is 48.7. The number of hydrogen-bond donors (Lipinski definition) is 2. The number of aromatic hydroxyl groups is 2. The van der Waals surface area contributed by atoms with Gasteiger partial charge in [-0.2, -0.15) is 0 Å².